The first-order chi connectivity index (χ1) is 13.6. The number of hydrogen-bond acceptors (Lipinski definition) is 7. The van der Waals surface area contributed by atoms with Gasteiger partial charge >= 0.3 is 0 Å². The first-order valence-corrected chi connectivity index (χ1v) is 10.1. The van der Waals surface area contributed by atoms with Gasteiger partial charge in [0.05, 0.1) is 23.6 Å². The first-order valence-electron chi connectivity index (χ1n) is 9.23. The van der Waals surface area contributed by atoms with Gasteiger partial charge in [-0.15, -0.1) is 11.3 Å². The summed E-state index contributed by atoms with van der Waals surface area (Å²) in [5, 5.41) is 9.21. The first kappa shape index (κ1) is 18.6. The Labute approximate surface area is 167 Å². The molecule has 1 aliphatic rings. The van der Waals surface area contributed by atoms with Crippen LogP contribution in [0.2, 0.25) is 0 Å². The van der Waals surface area contributed by atoms with Gasteiger partial charge in [0.2, 0.25) is 11.7 Å². The number of aromatic nitrogens is 2. The molecule has 1 amide bonds. The van der Waals surface area contributed by atoms with Gasteiger partial charge in [0.15, 0.2) is 0 Å². The van der Waals surface area contributed by atoms with Crippen LogP contribution in [0.25, 0.3) is 10.7 Å². The van der Waals surface area contributed by atoms with Crippen molar-refractivity contribution >= 4 is 22.9 Å². The van der Waals surface area contributed by atoms with Gasteiger partial charge in [-0.1, -0.05) is 11.2 Å². The molecule has 2 unspecified atom stereocenters. The maximum atomic E-state index is 12.7. The maximum Gasteiger partial charge on any atom is 0.254 e. The number of hydrogen-bond donors (Lipinski definition) is 1. The van der Waals surface area contributed by atoms with Crippen LogP contribution in [0.15, 0.2) is 46.3 Å². The Morgan fingerprint density at radius 2 is 1.96 bits per heavy atom. The molecule has 4 rings (SSSR count). The van der Waals surface area contributed by atoms with Crippen molar-refractivity contribution in [3.05, 3.63) is 53.2 Å². The van der Waals surface area contributed by atoms with E-state index in [2.05, 4.69) is 15.5 Å². The third-order valence-electron chi connectivity index (χ3n) is 4.49. The van der Waals surface area contributed by atoms with E-state index in [9.17, 15) is 4.79 Å². The molecule has 0 bridgehead atoms. The third-order valence-corrected chi connectivity index (χ3v) is 5.36. The maximum absolute atomic E-state index is 12.7. The summed E-state index contributed by atoms with van der Waals surface area (Å²) >= 11 is 1.57. The minimum Gasteiger partial charge on any atom is -0.376 e. The zero-order valence-corrected chi connectivity index (χ0v) is 16.6. The van der Waals surface area contributed by atoms with Crippen LogP contribution in [-0.2, 0) is 11.3 Å². The average molecular weight is 398 g/mol. The van der Waals surface area contributed by atoms with E-state index < -0.39 is 0 Å². The molecule has 3 aromatic rings. The van der Waals surface area contributed by atoms with Crippen LogP contribution in [0.5, 0.6) is 0 Å². The second kappa shape index (κ2) is 8.12. The molecule has 146 valence electrons. The molecule has 1 aromatic carbocycles. The molecule has 8 heteroatoms. The highest BCUT2D eigenvalue weighted by molar-refractivity contribution is 7.13. The summed E-state index contributed by atoms with van der Waals surface area (Å²) in [4.78, 5) is 19.9. The Hall–Kier alpha value is -2.71. The zero-order valence-electron chi connectivity index (χ0n) is 15.8. The number of benzene rings is 1. The fourth-order valence-electron chi connectivity index (χ4n) is 3.27. The number of ether oxygens (including phenoxy) is 1. The van der Waals surface area contributed by atoms with Gasteiger partial charge in [-0.05, 0) is 49.6 Å². The highest BCUT2D eigenvalue weighted by Gasteiger charge is 2.26. The van der Waals surface area contributed by atoms with Crippen molar-refractivity contribution in [2.45, 2.75) is 32.6 Å². The number of anilines is 1. The molecule has 0 saturated carbocycles. The lowest BCUT2D eigenvalue weighted by Crippen LogP contribution is -2.48. The smallest absolute Gasteiger partial charge is 0.254 e. The molecule has 1 saturated heterocycles. The van der Waals surface area contributed by atoms with E-state index in [4.69, 9.17) is 9.26 Å². The summed E-state index contributed by atoms with van der Waals surface area (Å²) in [5.74, 6) is 1.15. The second-order valence-corrected chi connectivity index (χ2v) is 7.84. The Bertz CT molecular complexity index is 913. The standard InChI is InChI=1S/C20H22N4O3S/c1-13-11-24(12-14(2)26-13)20(25)15-5-7-16(8-6-15)21-10-18-22-19(23-27-18)17-4-3-9-28-17/h3-9,13-14,21H,10-12H2,1-2H3. The number of amides is 1. The topological polar surface area (TPSA) is 80.5 Å². The largest absolute Gasteiger partial charge is 0.376 e. The Morgan fingerprint density at radius 3 is 2.64 bits per heavy atom. The van der Waals surface area contributed by atoms with E-state index in [1.54, 1.807) is 11.3 Å². The van der Waals surface area contributed by atoms with Gasteiger partial charge in [0.1, 0.15) is 0 Å². The molecule has 1 aliphatic heterocycles. The monoisotopic (exact) mass is 398 g/mol. The third kappa shape index (κ3) is 4.23. The zero-order chi connectivity index (χ0) is 19.5. The van der Waals surface area contributed by atoms with Crippen LogP contribution in [0.3, 0.4) is 0 Å². The number of carbonyl (C=O) groups excluding carboxylic acids is 1. The Kier molecular flexibility index (Phi) is 5.40. The van der Waals surface area contributed by atoms with E-state index in [1.807, 2.05) is 60.5 Å². The fourth-order valence-corrected chi connectivity index (χ4v) is 3.92. The Balaban J connectivity index is 1.35. The van der Waals surface area contributed by atoms with Gasteiger partial charge in [-0.3, -0.25) is 4.79 Å². The molecule has 2 aromatic heterocycles. The van der Waals surface area contributed by atoms with Crippen molar-refractivity contribution < 1.29 is 14.1 Å². The summed E-state index contributed by atoms with van der Waals surface area (Å²) in [6.07, 6.45) is 0.115. The summed E-state index contributed by atoms with van der Waals surface area (Å²) in [6.45, 7) is 5.64. The fraction of sp³-hybridized carbons (Fsp3) is 0.350. The van der Waals surface area contributed by atoms with E-state index in [0.29, 0.717) is 36.9 Å². The van der Waals surface area contributed by atoms with Crippen LogP contribution < -0.4 is 5.32 Å². The lowest BCUT2D eigenvalue weighted by atomic mass is 10.1. The van der Waals surface area contributed by atoms with Gasteiger partial charge in [0, 0.05) is 24.3 Å². The van der Waals surface area contributed by atoms with Crippen molar-refractivity contribution in [1.82, 2.24) is 15.0 Å². The predicted molar refractivity (Wildman–Crippen MR) is 107 cm³/mol. The van der Waals surface area contributed by atoms with Crippen molar-refractivity contribution in [3.63, 3.8) is 0 Å². The predicted octanol–water partition coefficient (Wildman–Crippen LogP) is 3.66. The van der Waals surface area contributed by atoms with Gasteiger partial charge < -0.3 is 19.5 Å². The molecule has 2 atom stereocenters. The lowest BCUT2D eigenvalue weighted by molar-refractivity contribution is -0.0586. The molecule has 3 heterocycles. The average Bonchev–Trinajstić information content (AvgIpc) is 3.37. The molecule has 0 aliphatic carbocycles. The molecule has 1 N–H and O–H groups in total. The van der Waals surface area contributed by atoms with Gasteiger partial charge in [-0.2, -0.15) is 4.98 Å². The van der Waals surface area contributed by atoms with Crippen LogP contribution in [0.1, 0.15) is 30.1 Å². The molecular weight excluding hydrogens is 376 g/mol. The molecule has 1 fully saturated rings. The van der Waals surface area contributed by atoms with Crippen molar-refractivity contribution in [2.75, 3.05) is 18.4 Å². The SMILES string of the molecule is CC1CN(C(=O)c2ccc(NCc3nc(-c4cccs4)no3)cc2)CC(C)O1. The lowest BCUT2D eigenvalue weighted by Gasteiger charge is -2.35. The van der Waals surface area contributed by atoms with E-state index >= 15 is 0 Å². The highest BCUT2D eigenvalue weighted by atomic mass is 32.1. The number of rotatable bonds is 5. The van der Waals surface area contributed by atoms with E-state index in [-0.39, 0.29) is 18.1 Å². The highest BCUT2D eigenvalue weighted by Crippen LogP contribution is 2.22. The summed E-state index contributed by atoms with van der Waals surface area (Å²) < 4.78 is 11.0. The molecule has 7 nitrogen and oxygen atoms in total. The number of nitrogens with zero attached hydrogens (tertiary/aromatic N) is 3. The van der Waals surface area contributed by atoms with Crippen LogP contribution >= 0.6 is 11.3 Å². The number of thiophene rings is 1. The van der Waals surface area contributed by atoms with Crippen LogP contribution in [0, 0.1) is 0 Å². The van der Waals surface area contributed by atoms with Crippen LogP contribution in [0.4, 0.5) is 5.69 Å². The van der Waals surface area contributed by atoms with E-state index in [0.717, 1.165) is 10.6 Å². The summed E-state index contributed by atoms with van der Waals surface area (Å²) in [5.41, 5.74) is 1.56. The number of morpholine rings is 1. The minimum atomic E-state index is 0.0334. The Morgan fingerprint density at radius 1 is 1.21 bits per heavy atom. The van der Waals surface area contributed by atoms with Crippen molar-refractivity contribution in [1.29, 1.82) is 0 Å². The quantitative estimate of drug-likeness (QED) is 0.706. The van der Waals surface area contributed by atoms with E-state index in [1.165, 1.54) is 0 Å². The normalized spacial score (nSPS) is 19.6. The number of nitrogens with one attached hydrogen (secondary N) is 1. The van der Waals surface area contributed by atoms with Crippen molar-refractivity contribution in [3.8, 4) is 10.7 Å². The molecule has 0 spiro atoms. The van der Waals surface area contributed by atoms with Crippen LogP contribution in [-0.4, -0.2) is 46.2 Å². The summed E-state index contributed by atoms with van der Waals surface area (Å²) in [7, 11) is 0. The van der Waals surface area contributed by atoms with Gasteiger partial charge in [-0.25, -0.2) is 0 Å². The number of carbonyl (C=O) groups is 1. The minimum absolute atomic E-state index is 0.0334. The second-order valence-electron chi connectivity index (χ2n) is 6.89. The van der Waals surface area contributed by atoms with Gasteiger partial charge in [0.25, 0.3) is 5.91 Å². The molecule has 28 heavy (non-hydrogen) atoms. The molecular formula is C20H22N4O3S. The summed E-state index contributed by atoms with van der Waals surface area (Å²) in [6, 6.07) is 11.3. The molecule has 0 radical (unpaired) electrons. The van der Waals surface area contributed by atoms with Crippen molar-refractivity contribution in [2.24, 2.45) is 0 Å².